The Balaban J connectivity index is 1.96. The number of alkyl halides is 2. The highest BCUT2D eigenvalue weighted by Gasteiger charge is 2.24. The molecule has 0 fully saturated rings. The molecule has 164 valence electrons. The predicted molar refractivity (Wildman–Crippen MR) is 97.0 cm³/mol. The van der Waals surface area contributed by atoms with Crippen LogP contribution in [0, 0.1) is 23.3 Å². The van der Waals surface area contributed by atoms with Gasteiger partial charge in [0.25, 0.3) is 5.56 Å². The molecule has 0 aliphatic rings. The molecule has 2 aromatic carbocycles. The molecule has 0 saturated heterocycles. The molecule has 0 amide bonds. The lowest BCUT2D eigenvalue weighted by Crippen LogP contribution is -2.40. The second-order valence-electron chi connectivity index (χ2n) is 6.57. The van der Waals surface area contributed by atoms with Crippen LogP contribution >= 0.6 is 0 Å². The zero-order valence-electron chi connectivity index (χ0n) is 15.5. The molecule has 0 aliphatic heterocycles. The molecule has 1 N–H and O–H groups in total. The van der Waals surface area contributed by atoms with E-state index in [0.717, 1.165) is 36.4 Å². The van der Waals surface area contributed by atoms with Crippen molar-refractivity contribution in [1.82, 2.24) is 9.13 Å². The third-order valence-electron chi connectivity index (χ3n) is 4.58. The Hall–Kier alpha value is -3.50. The SMILES string of the molecule is O=c1cc(O)n(C[C@@H](F)c2cccc(F)c2F)c(=O)n1C[C@@H](F)c1cccc(F)c1F. The molecule has 2 atom stereocenters. The first-order valence-electron chi connectivity index (χ1n) is 8.81. The van der Waals surface area contributed by atoms with Crippen LogP contribution in [0.4, 0.5) is 26.3 Å². The number of hydrogen-bond donors (Lipinski definition) is 1. The fourth-order valence-corrected chi connectivity index (χ4v) is 2.99. The van der Waals surface area contributed by atoms with E-state index in [1.54, 1.807) is 0 Å². The maximum absolute atomic E-state index is 14.5. The van der Waals surface area contributed by atoms with Crippen molar-refractivity contribution in [1.29, 1.82) is 0 Å². The molecule has 31 heavy (non-hydrogen) atoms. The molecule has 1 heterocycles. The minimum Gasteiger partial charge on any atom is -0.494 e. The van der Waals surface area contributed by atoms with Crippen LogP contribution in [0.25, 0.3) is 0 Å². The van der Waals surface area contributed by atoms with Crippen LogP contribution in [-0.2, 0) is 13.1 Å². The molecule has 0 unspecified atom stereocenters. The minimum atomic E-state index is -2.33. The summed E-state index contributed by atoms with van der Waals surface area (Å²) in [7, 11) is 0. The molecule has 0 saturated carbocycles. The summed E-state index contributed by atoms with van der Waals surface area (Å²) in [6.45, 7) is -2.10. The summed E-state index contributed by atoms with van der Waals surface area (Å²) in [4.78, 5) is 24.6. The lowest BCUT2D eigenvalue weighted by Gasteiger charge is -2.16. The van der Waals surface area contributed by atoms with Crippen molar-refractivity contribution < 1.29 is 31.4 Å². The molecular formula is C20H14F6N2O3. The van der Waals surface area contributed by atoms with Crippen molar-refractivity contribution in [2.45, 2.75) is 25.4 Å². The maximum atomic E-state index is 14.5. The molecule has 3 rings (SSSR count). The highest BCUT2D eigenvalue weighted by atomic mass is 19.2. The van der Waals surface area contributed by atoms with Crippen molar-refractivity contribution in [2.24, 2.45) is 0 Å². The Bertz CT molecular complexity index is 1240. The van der Waals surface area contributed by atoms with Gasteiger partial charge in [0.15, 0.2) is 23.3 Å². The lowest BCUT2D eigenvalue weighted by atomic mass is 10.1. The summed E-state index contributed by atoms with van der Waals surface area (Å²) in [6.07, 6.45) is -4.65. The summed E-state index contributed by atoms with van der Waals surface area (Å²) in [5.74, 6) is -6.68. The summed E-state index contributed by atoms with van der Waals surface area (Å²) < 4.78 is 83.8. The average Bonchev–Trinajstić information content (AvgIpc) is 2.72. The molecule has 11 heteroatoms. The van der Waals surface area contributed by atoms with Crippen LogP contribution in [0.1, 0.15) is 23.5 Å². The van der Waals surface area contributed by atoms with Crippen molar-refractivity contribution in [3.8, 4) is 5.88 Å². The number of benzene rings is 2. The van der Waals surface area contributed by atoms with Gasteiger partial charge in [0.1, 0.15) is 12.3 Å². The van der Waals surface area contributed by atoms with Crippen LogP contribution in [0.5, 0.6) is 5.88 Å². The van der Waals surface area contributed by atoms with Crippen molar-refractivity contribution in [3.63, 3.8) is 0 Å². The fraction of sp³-hybridized carbons (Fsp3) is 0.200. The molecule has 3 aromatic rings. The van der Waals surface area contributed by atoms with Gasteiger partial charge in [-0.2, -0.15) is 0 Å². The molecule has 5 nitrogen and oxygen atoms in total. The van der Waals surface area contributed by atoms with E-state index in [1.807, 2.05) is 0 Å². The number of hydrogen-bond acceptors (Lipinski definition) is 3. The molecule has 1 aromatic heterocycles. The quantitative estimate of drug-likeness (QED) is 0.590. The Morgan fingerprint density at radius 1 is 0.774 bits per heavy atom. The third-order valence-corrected chi connectivity index (χ3v) is 4.58. The van der Waals surface area contributed by atoms with E-state index >= 15 is 0 Å². The van der Waals surface area contributed by atoms with E-state index in [0.29, 0.717) is 10.6 Å². The first-order chi connectivity index (χ1) is 14.6. The summed E-state index contributed by atoms with van der Waals surface area (Å²) >= 11 is 0. The normalized spacial score (nSPS) is 13.2. The van der Waals surface area contributed by atoms with Gasteiger partial charge in [-0.15, -0.1) is 0 Å². The lowest BCUT2D eigenvalue weighted by molar-refractivity contribution is 0.253. The van der Waals surface area contributed by atoms with Crippen LogP contribution in [0.3, 0.4) is 0 Å². The predicted octanol–water partition coefficient (Wildman–Crippen LogP) is 3.69. The standard InChI is InChI=1S/C20H14F6N2O3/c21-12-5-1-3-10(18(12)25)14(23)8-27-16(29)7-17(30)28(20(27)31)9-15(24)11-4-2-6-13(22)19(11)26/h1-7,14-15,29H,8-9H2/t14-,15-/m1/s1. The first kappa shape index (κ1) is 22.2. The van der Waals surface area contributed by atoms with Gasteiger partial charge in [0.05, 0.1) is 19.2 Å². The van der Waals surface area contributed by atoms with E-state index in [2.05, 4.69) is 0 Å². The first-order valence-corrected chi connectivity index (χ1v) is 8.81. The van der Waals surface area contributed by atoms with Gasteiger partial charge in [-0.25, -0.2) is 31.1 Å². The molecule has 0 aliphatic carbocycles. The smallest absolute Gasteiger partial charge is 0.333 e. The van der Waals surface area contributed by atoms with Gasteiger partial charge in [0, 0.05) is 11.1 Å². The van der Waals surface area contributed by atoms with Gasteiger partial charge < -0.3 is 5.11 Å². The largest absolute Gasteiger partial charge is 0.494 e. The number of aromatic nitrogens is 2. The molecule has 0 radical (unpaired) electrons. The van der Waals surface area contributed by atoms with E-state index in [-0.39, 0.29) is 4.57 Å². The molecule has 0 bridgehead atoms. The zero-order valence-corrected chi connectivity index (χ0v) is 15.5. The number of halogens is 6. The van der Waals surface area contributed by atoms with Gasteiger partial charge in [0.2, 0.25) is 5.88 Å². The Kier molecular flexibility index (Phi) is 6.23. The van der Waals surface area contributed by atoms with Crippen molar-refractivity contribution in [2.75, 3.05) is 0 Å². The fourth-order valence-electron chi connectivity index (χ4n) is 2.99. The van der Waals surface area contributed by atoms with E-state index in [4.69, 9.17) is 0 Å². The van der Waals surface area contributed by atoms with Crippen LogP contribution in [0.15, 0.2) is 52.1 Å². The summed E-state index contributed by atoms with van der Waals surface area (Å²) in [5.41, 5.74) is -4.07. The molecular weight excluding hydrogens is 430 g/mol. The van der Waals surface area contributed by atoms with Gasteiger partial charge in [-0.05, 0) is 12.1 Å². The van der Waals surface area contributed by atoms with Gasteiger partial charge in [-0.1, -0.05) is 24.3 Å². The van der Waals surface area contributed by atoms with Crippen LogP contribution in [-0.4, -0.2) is 14.2 Å². The highest BCUT2D eigenvalue weighted by Crippen LogP contribution is 2.26. The van der Waals surface area contributed by atoms with Gasteiger partial charge >= 0.3 is 5.69 Å². The number of nitrogens with zero attached hydrogens (tertiary/aromatic N) is 2. The second kappa shape index (κ2) is 8.70. The van der Waals surface area contributed by atoms with Gasteiger partial charge in [-0.3, -0.25) is 13.9 Å². The van der Waals surface area contributed by atoms with E-state index in [1.165, 1.54) is 0 Å². The zero-order chi connectivity index (χ0) is 22.9. The van der Waals surface area contributed by atoms with Crippen LogP contribution < -0.4 is 11.2 Å². The Morgan fingerprint density at radius 3 is 1.71 bits per heavy atom. The second-order valence-corrected chi connectivity index (χ2v) is 6.57. The van der Waals surface area contributed by atoms with Crippen LogP contribution in [0.2, 0.25) is 0 Å². The highest BCUT2D eigenvalue weighted by molar-refractivity contribution is 5.23. The number of aromatic hydroxyl groups is 1. The summed E-state index contributed by atoms with van der Waals surface area (Å²) in [5, 5.41) is 9.86. The minimum absolute atomic E-state index is 0.239. The Labute approximate surface area is 170 Å². The van der Waals surface area contributed by atoms with Crippen molar-refractivity contribution in [3.05, 3.63) is 97.7 Å². The maximum Gasteiger partial charge on any atom is 0.333 e. The topological polar surface area (TPSA) is 64.2 Å². The Morgan fingerprint density at radius 2 is 1.23 bits per heavy atom. The summed E-state index contributed by atoms with van der Waals surface area (Å²) in [6, 6.07) is 5.87. The average molecular weight is 444 g/mol. The molecule has 0 spiro atoms. The van der Waals surface area contributed by atoms with E-state index < -0.39 is 77.0 Å². The van der Waals surface area contributed by atoms with E-state index in [9.17, 15) is 41.0 Å². The third kappa shape index (κ3) is 4.35. The van der Waals surface area contributed by atoms with Crippen molar-refractivity contribution >= 4 is 0 Å². The number of rotatable bonds is 6. The monoisotopic (exact) mass is 444 g/mol.